The number of carbonyl (C=O) groups excluding carboxylic acids is 1. The highest BCUT2D eigenvalue weighted by Crippen LogP contribution is 2.19. The summed E-state index contributed by atoms with van der Waals surface area (Å²) in [7, 11) is -3.54. The summed E-state index contributed by atoms with van der Waals surface area (Å²) in [6.45, 7) is 0.770. The molecule has 0 aromatic heterocycles. The number of hydrogen-bond acceptors (Lipinski definition) is 4. The fraction of sp³-hybridized carbons (Fsp3) is 0.316. The van der Waals surface area contributed by atoms with E-state index in [0.717, 1.165) is 18.2 Å². The molecule has 6 heteroatoms. The first-order valence-electron chi connectivity index (χ1n) is 8.17. The molecule has 0 aliphatic carbocycles. The van der Waals surface area contributed by atoms with E-state index in [1.165, 1.54) is 11.1 Å². The summed E-state index contributed by atoms with van der Waals surface area (Å²) in [5.41, 5.74) is 3.48. The van der Waals surface area contributed by atoms with Crippen molar-refractivity contribution in [3.05, 3.63) is 71.3 Å². The van der Waals surface area contributed by atoms with Crippen molar-refractivity contribution in [2.24, 2.45) is 0 Å². The number of hydrogen-bond donors (Lipinski definition) is 0. The number of carbonyl (C=O) groups is 1. The molecule has 0 N–H and O–H groups in total. The highest BCUT2D eigenvalue weighted by Gasteiger charge is 2.32. The summed E-state index contributed by atoms with van der Waals surface area (Å²) < 4.78 is 27.3. The van der Waals surface area contributed by atoms with Gasteiger partial charge in [-0.3, -0.25) is 8.98 Å². The molecule has 2 aromatic rings. The van der Waals surface area contributed by atoms with E-state index in [9.17, 15) is 13.2 Å². The largest absolute Gasteiger partial charge is 0.336 e. The number of rotatable bonds is 6. The van der Waals surface area contributed by atoms with Crippen LogP contribution in [0.4, 0.5) is 0 Å². The lowest BCUT2D eigenvalue weighted by Gasteiger charge is -2.16. The number of amides is 1. The van der Waals surface area contributed by atoms with Crippen LogP contribution in [0.15, 0.2) is 54.6 Å². The third kappa shape index (κ3) is 5.14. The first kappa shape index (κ1) is 17.6. The zero-order valence-corrected chi connectivity index (χ0v) is 14.9. The van der Waals surface area contributed by atoms with Gasteiger partial charge >= 0.3 is 0 Å². The first-order valence-corrected chi connectivity index (χ1v) is 9.98. The molecule has 0 saturated carbocycles. The molecule has 0 spiro atoms. The van der Waals surface area contributed by atoms with Crippen molar-refractivity contribution in [1.82, 2.24) is 4.90 Å². The van der Waals surface area contributed by atoms with E-state index in [4.69, 9.17) is 4.18 Å². The van der Waals surface area contributed by atoms with Crippen molar-refractivity contribution in [3.8, 4) is 0 Å². The maximum Gasteiger partial charge on any atom is 0.264 e. The molecule has 2 aromatic carbocycles. The van der Waals surface area contributed by atoms with E-state index < -0.39 is 16.2 Å². The van der Waals surface area contributed by atoms with Gasteiger partial charge in [0.2, 0.25) is 5.91 Å². The van der Waals surface area contributed by atoms with Crippen molar-refractivity contribution in [1.29, 1.82) is 0 Å². The fourth-order valence-electron chi connectivity index (χ4n) is 3.01. The van der Waals surface area contributed by atoms with Crippen LogP contribution in [-0.2, 0) is 32.1 Å². The molecule has 1 aliphatic rings. The monoisotopic (exact) mass is 359 g/mol. The third-order valence-corrected chi connectivity index (χ3v) is 4.76. The van der Waals surface area contributed by atoms with E-state index in [-0.39, 0.29) is 12.3 Å². The van der Waals surface area contributed by atoms with Crippen LogP contribution in [0.3, 0.4) is 0 Å². The van der Waals surface area contributed by atoms with Crippen LogP contribution in [0.1, 0.15) is 23.1 Å². The van der Waals surface area contributed by atoms with Crippen LogP contribution >= 0.6 is 0 Å². The van der Waals surface area contributed by atoms with E-state index >= 15 is 0 Å². The molecule has 25 heavy (non-hydrogen) atoms. The fourth-order valence-corrected chi connectivity index (χ4v) is 3.64. The maximum absolute atomic E-state index is 12.0. The van der Waals surface area contributed by atoms with Gasteiger partial charge in [-0.05, 0) is 23.1 Å². The van der Waals surface area contributed by atoms with Gasteiger partial charge in [-0.15, -0.1) is 0 Å². The van der Waals surface area contributed by atoms with Crippen LogP contribution in [0.5, 0.6) is 0 Å². The van der Waals surface area contributed by atoms with Gasteiger partial charge in [-0.2, -0.15) is 8.42 Å². The minimum atomic E-state index is -3.54. The Hall–Kier alpha value is -2.18. The van der Waals surface area contributed by atoms with Crippen LogP contribution < -0.4 is 0 Å². The molecule has 5 nitrogen and oxygen atoms in total. The number of likely N-dealkylation sites (tertiary alicyclic amines) is 1. The minimum absolute atomic E-state index is 0.0815. The molecule has 0 bridgehead atoms. The van der Waals surface area contributed by atoms with E-state index in [2.05, 4.69) is 24.3 Å². The third-order valence-electron chi connectivity index (χ3n) is 4.14. The molecule has 1 saturated heterocycles. The Morgan fingerprint density at radius 3 is 2.24 bits per heavy atom. The van der Waals surface area contributed by atoms with Crippen molar-refractivity contribution >= 4 is 16.0 Å². The lowest BCUT2D eigenvalue weighted by atomic mass is 10.0. The van der Waals surface area contributed by atoms with Crippen LogP contribution in [0.25, 0.3) is 0 Å². The highest BCUT2D eigenvalue weighted by molar-refractivity contribution is 7.86. The van der Waals surface area contributed by atoms with Crippen molar-refractivity contribution < 1.29 is 17.4 Å². The quantitative estimate of drug-likeness (QED) is 0.743. The van der Waals surface area contributed by atoms with Crippen molar-refractivity contribution in [2.45, 2.75) is 25.5 Å². The molecular formula is C19H21NO4S. The van der Waals surface area contributed by atoms with Gasteiger partial charge in [0.15, 0.2) is 0 Å². The molecule has 1 unspecified atom stereocenters. The molecule has 1 atom stereocenters. The van der Waals surface area contributed by atoms with Crippen molar-refractivity contribution in [2.75, 3.05) is 12.8 Å². The highest BCUT2D eigenvalue weighted by atomic mass is 32.2. The second-order valence-corrected chi connectivity index (χ2v) is 7.98. The molecule has 0 radical (unpaired) electrons. The molecule has 1 aliphatic heterocycles. The van der Waals surface area contributed by atoms with Crippen LogP contribution in [0.2, 0.25) is 0 Å². The zero-order valence-electron chi connectivity index (χ0n) is 14.1. The lowest BCUT2D eigenvalue weighted by molar-refractivity contribution is -0.128. The van der Waals surface area contributed by atoms with Crippen molar-refractivity contribution in [3.63, 3.8) is 0 Å². The maximum atomic E-state index is 12.0. The predicted octanol–water partition coefficient (Wildman–Crippen LogP) is 2.35. The molecule has 1 fully saturated rings. The van der Waals surface area contributed by atoms with Gasteiger partial charge in [0.25, 0.3) is 10.1 Å². The van der Waals surface area contributed by atoms with E-state index in [0.29, 0.717) is 13.1 Å². The Bertz CT molecular complexity index is 831. The SMILES string of the molecule is CS(=O)(=O)OC1CC(=O)N(Cc2ccc(Cc3ccccc3)cc2)C1. The Morgan fingerprint density at radius 2 is 1.60 bits per heavy atom. The van der Waals surface area contributed by atoms with E-state index in [1.807, 2.05) is 30.3 Å². The topological polar surface area (TPSA) is 63.7 Å². The summed E-state index contributed by atoms with van der Waals surface area (Å²) in [6.07, 6.45) is 1.40. The average Bonchev–Trinajstić information content (AvgIpc) is 2.87. The van der Waals surface area contributed by atoms with Crippen LogP contribution in [-0.4, -0.2) is 38.1 Å². The Balaban J connectivity index is 1.59. The minimum Gasteiger partial charge on any atom is -0.336 e. The average molecular weight is 359 g/mol. The molecular weight excluding hydrogens is 338 g/mol. The van der Waals surface area contributed by atoms with Gasteiger partial charge in [-0.1, -0.05) is 54.6 Å². The Kier molecular flexibility index (Phi) is 5.20. The second-order valence-electron chi connectivity index (χ2n) is 6.38. The van der Waals surface area contributed by atoms with Gasteiger partial charge in [0.1, 0.15) is 6.10 Å². The molecule has 1 amide bonds. The number of benzene rings is 2. The van der Waals surface area contributed by atoms with Gasteiger partial charge < -0.3 is 4.90 Å². The predicted molar refractivity (Wildman–Crippen MR) is 95.4 cm³/mol. The number of nitrogens with zero attached hydrogens (tertiary/aromatic N) is 1. The Morgan fingerprint density at radius 1 is 1.00 bits per heavy atom. The van der Waals surface area contributed by atoms with Gasteiger partial charge in [0.05, 0.1) is 12.7 Å². The summed E-state index contributed by atoms with van der Waals surface area (Å²) in [6, 6.07) is 18.4. The van der Waals surface area contributed by atoms with Gasteiger partial charge in [0, 0.05) is 13.1 Å². The lowest BCUT2D eigenvalue weighted by Crippen LogP contribution is -2.26. The summed E-state index contributed by atoms with van der Waals surface area (Å²) in [5, 5.41) is 0. The summed E-state index contributed by atoms with van der Waals surface area (Å²) >= 11 is 0. The molecule has 1 heterocycles. The standard InChI is InChI=1S/C19H21NO4S/c1-25(22,23)24-18-12-19(21)20(14-18)13-17-9-7-16(8-10-17)11-15-5-3-2-4-6-15/h2-10,18H,11-14H2,1H3. The van der Waals surface area contributed by atoms with Gasteiger partial charge in [-0.25, -0.2) is 0 Å². The molecule has 132 valence electrons. The summed E-state index contributed by atoms with van der Waals surface area (Å²) in [5.74, 6) is -0.0815. The zero-order chi connectivity index (χ0) is 17.9. The summed E-state index contributed by atoms with van der Waals surface area (Å²) in [4.78, 5) is 13.7. The normalized spacial score (nSPS) is 17.9. The first-order chi connectivity index (χ1) is 11.9. The second kappa shape index (κ2) is 7.37. The molecule has 3 rings (SSSR count). The Labute approximate surface area is 148 Å². The smallest absolute Gasteiger partial charge is 0.264 e. The van der Waals surface area contributed by atoms with Crippen LogP contribution in [0, 0.1) is 0 Å². The van der Waals surface area contributed by atoms with E-state index in [1.54, 1.807) is 4.90 Å².